The maximum Gasteiger partial charge on any atom is 0.227 e. The van der Waals surface area contributed by atoms with E-state index in [9.17, 15) is 5.21 Å². The van der Waals surface area contributed by atoms with Gasteiger partial charge < -0.3 is 9.94 Å². The number of benzene rings is 2. The van der Waals surface area contributed by atoms with E-state index in [1.54, 1.807) is 0 Å². The van der Waals surface area contributed by atoms with E-state index < -0.39 is 0 Å². The standard InChI is InChI=1S/C20H21NO2/c1-14(2)19-15(3)21(22)18-12-8-7-11-17(18)20(19)23-13-16-9-5-4-6-10-16/h4-12,14H,13H2,1-3H3. The first-order valence-corrected chi connectivity index (χ1v) is 7.91. The molecule has 1 aromatic heterocycles. The Kier molecular flexibility index (Phi) is 4.20. The number of pyridine rings is 1. The Morgan fingerprint density at radius 2 is 1.65 bits per heavy atom. The Balaban J connectivity index is 2.13. The van der Waals surface area contributed by atoms with E-state index in [1.807, 2.05) is 61.5 Å². The fraction of sp³-hybridized carbons (Fsp3) is 0.250. The maximum atomic E-state index is 12.5. The van der Waals surface area contributed by atoms with Crippen LogP contribution in [-0.4, -0.2) is 0 Å². The van der Waals surface area contributed by atoms with Gasteiger partial charge in [-0.05, 0) is 17.5 Å². The summed E-state index contributed by atoms with van der Waals surface area (Å²) >= 11 is 0. The molecular formula is C20H21NO2. The van der Waals surface area contributed by atoms with Crippen LogP contribution in [-0.2, 0) is 6.61 Å². The van der Waals surface area contributed by atoms with E-state index in [0.29, 0.717) is 17.8 Å². The normalized spacial score (nSPS) is 11.1. The molecule has 3 nitrogen and oxygen atoms in total. The predicted octanol–water partition coefficient (Wildman–Crippen LogP) is 4.48. The molecule has 0 fully saturated rings. The van der Waals surface area contributed by atoms with Gasteiger partial charge in [0.05, 0.1) is 10.9 Å². The molecule has 0 amide bonds. The number of hydrogen-bond donors (Lipinski definition) is 0. The summed E-state index contributed by atoms with van der Waals surface area (Å²) in [5.41, 5.74) is 3.46. The molecular weight excluding hydrogens is 286 g/mol. The van der Waals surface area contributed by atoms with Crippen molar-refractivity contribution in [3.05, 3.63) is 76.6 Å². The van der Waals surface area contributed by atoms with E-state index in [-0.39, 0.29) is 5.92 Å². The summed E-state index contributed by atoms with van der Waals surface area (Å²) < 4.78 is 7.20. The topological polar surface area (TPSA) is 36.2 Å². The third-order valence-electron chi connectivity index (χ3n) is 4.11. The Morgan fingerprint density at radius 3 is 2.35 bits per heavy atom. The minimum atomic E-state index is 0.213. The lowest BCUT2D eigenvalue weighted by molar-refractivity contribution is -0.584. The van der Waals surface area contributed by atoms with Crippen LogP contribution < -0.4 is 9.47 Å². The molecule has 0 aliphatic heterocycles. The van der Waals surface area contributed by atoms with E-state index in [4.69, 9.17) is 4.74 Å². The third-order valence-corrected chi connectivity index (χ3v) is 4.11. The molecule has 0 unspecified atom stereocenters. The lowest BCUT2D eigenvalue weighted by atomic mass is 9.98. The van der Waals surface area contributed by atoms with E-state index in [2.05, 4.69) is 13.8 Å². The van der Waals surface area contributed by atoms with Crippen LogP contribution in [0.2, 0.25) is 0 Å². The van der Waals surface area contributed by atoms with Crippen molar-refractivity contribution in [3.63, 3.8) is 0 Å². The summed E-state index contributed by atoms with van der Waals surface area (Å²) in [6.45, 7) is 6.54. The highest BCUT2D eigenvalue weighted by Crippen LogP contribution is 2.35. The minimum Gasteiger partial charge on any atom is -0.618 e. The molecule has 3 heteroatoms. The second-order valence-corrected chi connectivity index (χ2v) is 6.07. The summed E-state index contributed by atoms with van der Waals surface area (Å²) in [7, 11) is 0. The molecule has 3 aromatic rings. The van der Waals surface area contributed by atoms with Crippen molar-refractivity contribution in [2.45, 2.75) is 33.3 Å². The van der Waals surface area contributed by atoms with Gasteiger partial charge in [0.15, 0.2) is 5.69 Å². The molecule has 118 valence electrons. The number of fused-ring (bicyclic) bond motifs is 1. The SMILES string of the molecule is Cc1c(C(C)C)c(OCc2ccccc2)c2ccccc2[n+]1[O-]. The zero-order chi connectivity index (χ0) is 16.4. The number of rotatable bonds is 4. The first-order valence-electron chi connectivity index (χ1n) is 7.91. The molecule has 23 heavy (non-hydrogen) atoms. The van der Waals surface area contributed by atoms with Crippen LogP contribution in [0.15, 0.2) is 54.6 Å². The van der Waals surface area contributed by atoms with Crippen LogP contribution in [0.5, 0.6) is 5.75 Å². The molecule has 0 spiro atoms. The average Bonchev–Trinajstić information content (AvgIpc) is 2.57. The van der Waals surface area contributed by atoms with Gasteiger partial charge in [-0.1, -0.05) is 56.3 Å². The highest BCUT2D eigenvalue weighted by molar-refractivity contribution is 5.84. The van der Waals surface area contributed by atoms with Gasteiger partial charge in [0.1, 0.15) is 12.4 Å². The van der Waals surface area contributed by atoms with Crippen LogP contribution in [0.25, 0.3) is 10.9 Å². The maximum absolute atomic E-state index is 12.5. The van der Waals surface area contributed by atoms with Crippen molar-refractivity contribution in [1.29, 1.82) is 0 Å². The summed E-state index contributed by atoms with van der Waals surface area (Å²) in [4.78, 5) is 0. The molecule has 1 heterocycles. The lowest BCUT2D eigenvalue weighted by Gasteiger charge is -2.19. The molecule has 2 aromatic carbocycles. The van der Waals surface area contributed by atoms with Crippen molar-refractivity contribution in [1.82, 2.24) is 0 Å². The quantitative estimate of drug-likeness (QED) is 0.526. The van der Waals surface area contributed by atoms with Gasteiger partial charge >= 0.3 is 0 Å². The van der Waals surface area contributed by atoms with Crippen LogP contribution in [0.1, 0.15) is 36.6 Å². The van der Waals surface area contributed by atoms with Crippen molar-refractivity contribution in [3.8, 4) is 5.75 Å². The van der Waals surface area contributed by atoms with Gasteiger partial charge in [-0.3, -0.25) is 0 Å². The molecule has 0 aliphatic carbocycles. The van der Waals surface area contributed by atoms with Crippen LogP contribution in [0.4, 0.5) is 0 Å². The van der Waals surface area contributed by atoms with Crippen LogP contribution in [0, 0.1) is 12.1 Å². The Hall–Kier alpha value is -2.55. The van der Waals surface area contributed by atoms with E-state index in [0.717, 1.165) is 27.0 Å². The Morgan fingerprint density at radius 1 is 1.00 bits per heavy atom. The molecule has 0 radical (unpaired) electrons. The number of hydrogen-bond acceptors (Lipinski definition) is 2. The number of para-hydroxylation sites is 1. The number of ether oxygens (including phenoxy) is 1. The fourth-order valence-corrected chi connectivity index (χ4v) is 3.01. The van der Waals surface area contributed by atoms with Crippen molar-refractivity contribution in [2.75, 3.05) is 0 Å². The van der Waals surface area contributed by atoms with E-state index >= 15 is 0 Å². The highest BCUT2D eigenvalue weighted by Gasteiger charge is 2.23. The summed E-state index contributed by atoms with van der Waals surface area (Å²) in [5, 5.41) is 13.4. The molecule has 0 N–H and O–H groups in total. The summed E-state index contributed by atoms with van der Waals surface area (Å²) in [6, 6.07) is 17.7. The van der Waals surface area contributed by atoms with Crippen molar-refractivity contribution >= 4 is 10.9 Å². The Labute approximate surface area is 136 Å². The summed E-state index contributed by atoms with van der Waals surface area (Å²) in [5.74, 6) is 1.04. The van der Waals surface area contributed by atoms with Crippen LogP contribution in [0.3, 0.4) is 0 Å². The molecule has 0 bridgehead atoms. The Bertz CT molecular complexity index is 826. The smallest absolute Gasteiger partial charge is 0.227 e. The lowest BCUT2D eigenvalue weighted by Crippen LogP contribution is -2.33. The van der Waals surface area contributed by atoms with Crippen molar-refractivity contribution < 1.29 is 9.47 Å². The third kappa shape index (κ3) is 2.87. The van der Waals surface area contributed by atoms with Crippen LogP contribution >= 0.6 is 0 Å². The van der Waals surface area contributed by atoms with Gasteiger partial charge in [0.25, 0.3) is 0 Å². The monoisotopic (exact) mass is 307 g/mol. The zero-order valence-electron chi connectivity index (χ0n) is 13.7. The van der Waals surface area contributed by atoms with Gasteiger partial charge in [-0.15, -0.1) is 0 Å². The molecule has 0 atom stereocenters. The van der Waals surface area contributed by atoms with Gasteiger partial charge in [0.2, 0.25) is 5.52 Å². The first kappa shape index (κ1) is 15.3. The molecule has 0 saturated heterocycles. The molecule has 3 rings (SSSR count). The molecule has 0 aliphatic rings. The second kappa shape index (κ2) is 6.29. The predicted molar refractivity (Wildman–Crippen MR) is 92.5 cm³/mol. The second-order valence-electron chi connectivity index (χ2n) is 6.07. The van der Waals surface area contributed by atoms with Crippen molar-refractivity contribution in [2.24, 2.45) is 0 Å². The van der Waals surface area contributed by atoms with E-state index in [1.165, 1.54) is 0 Å². The van der Waals surface area contributed by atoms with Gasteiger partial charge in [-0.2, -0.15) is 4.73 Å². The highest BCUT2D eigenvalue weighted by atomic mass is 16.5. The minimum absolute atomic E-state index is 0.213. The average molecular weight is 307 g/mol. The number of aromatic nitrogens is 1. The van der Waals surface area contributed by atoms with Gasteiger partial charge in [-0.25, -0.2) is 0 Å². The number of nitrogens with zero attached hydrogens (tertiary/aromatic N) is 1. The van der Waals surface area contributed by atoms with Gasteiger partial charge in [0, 0.05) is 13.0 Å². The molecule has 0 saturated carbocycles. The largest absolute Gasteiger partial charge is 0.618 e. The zero-order valence-corrected chi connectivity index (χ0v) is 13.7. The first-order chi connectivity index (χ1) is 11.1. The fourth-order valence-electron chi connectivity index (χ4n) is 3.01. The summed E-state index contributed by atoms with van der Waals surface area (Å²) in [6.07, 6.45) is 0.